The lowest BCUT2D eigenvalue weighted by Crippen LogP contribution is -2.45. The van der Waals surface area contributed by atoms with E-state index in [0.29, 0.717) is 16.7 Å². The SMILES string of the molecule is C[C@H](c1ccc2c(c1NC(=O)N[S@@](=N)(=O)c1ccc(C3(O)COC3)s1)CCC2)C1CC1. The van der Waals surface area contributed by atoms with Crippen LogP contribution >= 0.6 is 11.3 Å². The number of amides is 2. The third-order valence-corrected chi connectivity index (χ3v) is 9.82. The van der Waals surface area contributed by atoms with Crippen molar-refractivity contribution in [2.45, 2.75) is 54.8 Å². The minimum absolute atomic E-state index is 0.182. The summed E-state index contributed by atoms with van der Waals surface area (Å²) in [6.07, 6.45) is 5.41. The van der Waals surface area contributed by atoms with Gasteiger partial charge < -0.3 is 15.2 Å². The van der Waals surface area contributed by atoms with Crippen molar-refractivity contribution in [1.29, 1.82) is 4.78 Å². The smallest absolute Gasteiger partial charge is 0.331 e. The minimum Gasteiger partial charge on any atom is -0.379 e. The van der Waals surface area contributed by atoms with Crippen LogP contribution in [0, 0.1) is 10.7 Å². The first-order valence-electron chi connectivity index (χ1n) is 10.7. The average molecular weight is 462 g/mol. The molecule has 0 unspecified atom stereocenters. The first-order chi connectivity index (χ1) is 14.8. The third-order valence-electron chi connectivity index (χ3n) is 6.61. The lowest BCUT2D eigenvalue weighted by Gasteiger charge is -2.35. The quantitative estimate of drug-likeness (QED) is 0.519. The molecule has 31 heavy (non-hydrogen) atoms. The maximum Gasteiger partial charge on any atom is 0.331 e. The zero-order chi connectivity index (χ0) is 21.8. The summed E-state index contributed by atoms with van der Waals surface area (Å²) >= 11 is 1.08. The standard InChI is InChI=1S/C22H27N3O4S2/c1-13(14-5-6-14)16-8-7-15-3-2-4-17(15)20(16)24-21(26)25-31(23,28)19-10-9-18(30-19)22(27)11-29-12-22/h7-10,13-14,27H,2-6,11-12H2,1H3,(H3,23,24,25,26,28)/t13-,31+/m0/s1. The summed E-state index contributed by atoms with van der Waals surface area (Å²) in [4.78, 5) is 13.4. The molecule has 1 aromatic heterocycles. The van der Waals surface area contributed by atoms with E-state index in [9.17, 15) is 14.1 Å². The highest BCUT2D eigenvalue weighted by Gasteiger charge is 2.40. The molecule has 2 aliphatic carbocycles. The van der Waals surface area contributed by atoms with Crippen molar-refractivity contribution in [3.05, 3.63) is 45.8 Å². The molecule has 0 spiro atoms. The number of aliphatic hydroxyl groups is 1. The van der Waals surface area contributed by atoms with Gasteiger partial charge in [0.1, 0.15) is 9.81 Å². The van der Waals surface area contributed by atoms with E-state index in [2.05, 4.69) is 29.1 Å². The van der Waals surface area contributed by atoms with Crippen LogP contribution in [-0.2, 0) is 33.1 Å². The zero-order valence-electron chi connectivity index (χ0n) is 17.4. The Bertz CT molecular complexity index is 1130. The van der Waals surface area contributed by atoms with Gasteiger partial charge in [0.25, 0.3) is 0 Å². The maximum absolute atomic E-state index is 13.0. The van der Waals surface area contributed by atoms with Gasteiger partial charge in [0, 0.05) is 10.6 Å². The van der Waals surface area contributed by atoms with Gasteiger partial charge in [0.15, 0.2) is 9.92 Å². The second-order valence-electron chi connectivity index (χ2n) is 8.90. The number of carbonyl (C=O) groups excluding carboxylic acids is 1. The summed E-state index contributed by atoms with van der Waals surface area (Å²) in [7, 11) is -3.55. The largest absolute Gasteiger partial charge is 0.379 e. The van der Waals surface area contributed by atoms with Crippen LogP contribution in [0.4, 0.5) is 10.5 Å². The molecule has 1 saturated carbocycles. The van der Waals surface area contributed by atoms with Crippen LogP contribution in [0.2, 0.25) is 0 Å². The number of ether oxygens (including phenoxy) is 1. The summed E-state index contributed by atoms with van der Waals surface area (Å²) in [6, 6.07) is 6.84. The molecule has 1 aromatic carbocycles. The second-order valence-corrected chi connectivity index (χ2v) is 12.0. The Morgan fingerprint density at radius 1 is 1.29 bits per heavy atom. The summed E-state index contributed by atoms with van der Waals surface area (Å²) in [5.74, 6) is 1.00. The predicted molar refractivity (Wildman–Crippen MR) is 120 cm³/mol. The van der Waals surface area contributed by atoms with Gasteiger partial charge in [0.05, 0.1) is 13.2 Å². The van der Waals surface area contributed by atoms with E-state index in [-0.39, 0.29) is 17.4 Å². The van der Waals surface area contributed by atoms with E-state index in [1.54, 1.807) is 6.07 Å². The molecule has 4 N–H and O–H groups in total. The molecule has 3 aliphatic rings. The van der Waals surface area contributed by atoms with Crippen LogP contribution in [-0.4, -0.2) is 28.6 Å². The van der Waals surface area contributed by atoms with Crippen molar-refractivity contribution >= 4 is 33.0 Å². The average Bonchev–Trinajstić information content (AvgIpc) is 3.22. The molecule has 0 radical (unpaired) electrons. The number of thiophene rings is 1. The summed E-state index contributed by atoms with van der Waals surface area (Å²) in [5, 5.41) is 13.3. The zero-order valence-corrected chi connectivity index (χ0v) is 19.0. The van der Waals surface area contributed by atoms with Gasteiger partial charge in [-0.05, 0) is 72.8 Å². The molecular weight excluding hydrogens is 434 g/mol. The van der Waals surface area contributed by atoms with Gasteiger partial charge >= 0.3 is 6.03 Å². The van der Waals surface area contributed by atoms with E-state index >= 15 is 0 Å². The molecule has 1 saturated heterocycles. The summed E-state index contributed by atoms with van der Waals surface area (Å²) < 4.78 is 28.9. The predicted octanol–water partition coefficient (Wildman–Crippen LogP) is 4.11. The number of rotatable bonds is 6. The van der Waals surface area contributed by atoms with Crippen LogP contribution in [0.15, 0.2) is 28.5 Å². The van der Waals surface area contributed by atoms with Crippen LogP contribution in [0.3, 0.4) is 0 Å². The van der Waals surface area contributed by atoms with Crippen molar-refractivity contribution in [3.63, 3.8) is 0 Å². The van der Waals surface area contributed by atoms with Crippen LogP contribution in [0.25, 0.3) is 0 Å². The lowest BCUT2D eigenvalue weighted by molar-refractivity contribution is -0.182. The molecule has 9 heteroatoms. The Balaban J connectivity index is 1.36. The fourth-order valence-corrected chi connectivity index (χ4v) is 6.88. The number of aryl methyl sites for hydroxylation is 1. The lowest BCUT2D eigenvalue weighted by atomic mass is 9.91. The molecule has 166 valence electrons. The molecule has 5 rings (SSSR count). The first-order valence-corrected chi connectivity index (χ1v) is 13.1. The normalized spacial score (nSPS) is 22.1. The van der Waals surface area contributed by atoms with Gasteiger partial charge in [-0.2, -0.15) is 0 Å². The van der Waals surface area contributed by atoms with Gasteiger partial charge in [0.2, 0.25) is 0 Å². The van der Waals surface area contributed by atoms with Crippen LogP contribution in [0.1, 0.15) is 53.7 Å². The van der Waals surface area contributed by atoms with Gasteiger partial charge in [-0.1, -0.05) is 19.1 Å². The molecule has 0 bridgehead atoms. The van der Waals surface area contributed by atoms with Gasteiger partial charge in [-0.3, -0.25) is 0 Å². The number of hydrogen-bond acceptors (Lipinski definition) is 6. The van der Waals surface area contributed by atoms with E-state index < -0.39 is 21.5 Å². The van der Waals surface area contributed by atoms with E-state index in [4.69, 9.17) is 9.52 Å². The summed E-state index contributed by atoms with van der Waals surface area (Å²) in [6.45, 7) is 2.56. The van der Waals surface area contributed by atoms with E-state index in [1.165, 1.54) is 30.0 Å². The minimum atomic E-state index is -3.55. The van der Waals surface area contributed by atoms with E-state index in [1.807, 2.05) is 0 Å². The fourth-order valence-electron chi connectivity index (χ4n) is 4.54. The molecule has 2 aromatic rings. The highest BCUT2D eigenvalue weighted by Crippen LogP contribution is 2.46. The molecule has 2 heterocycles. The highest BCUT2D eigenvalue weighted by molar-refractivity contribution is 7.93. The first kappa shape index (κ1) is 20.9. The van der Waals surface area contributed by atoms with Crippen molar-refractivity contribution in [3.8, 4) is 0 Å². The molecule has 2 amide bonds. The van der Waals surface area contributed by atoms with Crippen LogP contribution < -0.4 is 10.0 Å². The number of nitrogens with one attached hydrogen (secondary N) is 3. The van der Waals surface area contributed by atoms with Crippen molar-refractivity contribution in [2.24, 2.45) is 5.92 Å². The Morgan fingerprint density at radius 2 is 2.06 bits per heavy atom. The molecule has 1 aliphatic heterocycles. The monoisotopic (exact) mass is 461 g/mol. The summed E-state index contributed by atoms with van der Waals surface area (Å²) in [5.41, 5.74) is 3.30. The van der Waals surface area contributed by atoms with Crippen molar-refractivity contribution < 1.29 is 18.8 Å². The Labute approximate surface area is 186 Å². The number of benzene rings is 1. The fraction of sp³-hybridized carbons (Fsp3) is 0.500. The maximum atomic E-state index is 13.0. The number of urea groups is 1. The van der Waals surface area contributed by atoms with Gasteiger partial charge in [-0.25, -0.2) is 18.5 Å². The number of anilines is 1. The number of carbonyl (C=O) groups is 1. The Hall–Kier alpha value is -1.94. The third kappa shape index (κ3) is 3.88. The number of fused-ring (bicyclic) bond motifs is 1. The molecular formula is C22H27N3O4S2. The molecule has 7 nitrogen and oxygen atoms in total. The van der Waals surface area contributed by atoms with Crippen LogP contribution in [0.5, 0.6) is 0 Å². The van der Waals surface area contributed by atoms with Crippen molar-refractivity contribution in [2.75, 3.05) is 18.5 Å². The van der Waals surface area contributed by atoms with E-state index in [0.717, 1.165) is 41.9 Å². The van der Waals surface area contributed by atoms with Crippen molar-refractivity contribution in [1.82, 2.24) is 4.72 Å². The topological polar surface area (TPSA) is 112 Å². The molecule has 2 atom stereocenters. The highest BCUT2D eigenvalue weighted by atomic mass is 32.2. The molecule has 2 fully saturated rings. The second kappa shape index (κ2) is 7.58. The Kier molecular flexibility index (Phi) is 5.12. The Morgan fingerprint density at radius 3 is 2.74 bits per heavy atom. The number of hydrogen-bond donors (Lipinski definition) is 4. The van der Waals surface area contributed by atoms with Gasteiger partial charge in [-0.15, -0.1) is 11.3 Å².